The van der Waals surface area contributed by atoms with Gasteiger partial charge in [-0.3, -0.25) is 0 Å². The van der Waals surface area contributed by atoms with Gasteiger partial charge in [0.1, 0.15) is 0 Å². The van der Waals surface area contributed by atoms with Crippen molar-refractivity contribution in [1.82, 2.24) is 0 Å². The van der Waals surface area contributed by atoms with Crippen LogP contribution in [-0.2, 0) is 0 Å². The van der Waals surface area contributed by atoms with Crippen molar-refractivity contribution in [3.05, 3.63) is 11.6 Å². The Morgan fingerprint density at radius 1 is 1.24 bits per heavy atom. The summed E-state index contributed by atoms with van der Waals surface area (Å²) < 4.78 is 0. The van der Waals surface area contributed by atoms with Crippen LogP contribution >= 0.6 is 0 Å². The van der Waals surface area contributed by atoms with Crippen molar-refractivity contribution < 1.29 is 10.2 Å². The fraction of sp³-hybridized carbons (Fsp3) is 0.867. The largest absolute Gasteiger partial charge is 0.396 e. The van der Waals surface area contributed by atoms with Crippen LogP contribution in [0.25, 0.3) is 0 Å². The van der Waals surface area contributed by atoms with Gasteiger partial charge in [-0.2, -0.15) is 0 Å². The molecule has 0 aromatic rings. The van der Waals surface area contributed by atoms with Crippen molar-refractivity contribution in [2.75, 3.05) is 6.61 Å². The lowest BCUT2D eigenvalue weighted by Gasteiger charge is -2.37. The third-order valence-corrected chi connectivity index (χ3v) is 4.19. The van der Waals surface area contributed by atoms with Crippen molar-refractivity contribution in [1.29, 1.82) is 0 Å². The predicted octanol–water partition coefficient (Wildman–Crippen LogP) is 3.28. The first-order valence-corrected chi connectivity index (χ1v) is 6.92. The number of allylic oxidation sites excluding steroid dienone is 2. The molecule has 100 valence electrons. The van der Waals surface area contributed by atoms with E-state index < -0.39 is 5.60 Å². The van der Waals surface area contributed by atoms with Crippen LogP contribution in [0.15, 0.2) is 11.6 Å². The maximum Gasteiger partial charge on any atom is 0.0650 e. The van der Waals surface area contributed by atoms with Crippen LogP contribution in [0.1, 0.15) is 59.3 Å². The number of aliphatic hydroxyl groups is 2. The molecule has 2 nitrogen and oxygen atoms in total. The van der Waals surface area contributed by atoms with E-state index in [1.165, 1.54) is 5.57 Å². The fourth-order valence-corrected chi connectivity index (χ4v) is 2.82. The summed E-state index contributed by atoms with van der Waals surface area (Å²) in [5.41, 5.74) is 0.789. The van der Waals surface area contributed by atoms with Gasteiger partial charge in [0, 0.05) is 6.61 Å². The minimum absolute atomic E-state index is 0.312. The molecule has 1 saturated carbocycles. The molecule has 1 fully saturated rings. The zero-order chi connectivity index (χ0) is 12.9. The van der Waals surface area contributed by atoms with E-state index >= 15 is 0 Å². The molecule has 0 aromatic heterocycles. The van der Waals surface area contributed by atoms with Gasteiger partial charge in [0.05, 0.1) is 5.60 Å². The van der Waals surface area contributed by atoms with Crippen LogP contribution in [0.3, 0.4) is 0 Å². The number of rotatable bonds is 5. The molecule has 0 aliphatic heterocycles. The van der Waals surface area contributed by atoms with Gasteiger partial charge in [0.15, 0.2) is 0 Å². The fourth-order valence-electron chi connectivity index (χ4n) is 2.82. The average molecular weight is 240 g/mol. The molecule has 17 heavy (non-hydrogen) atoms. The second-order valence-corrected chi connectivity index (χ2v) is 6.08. The van der Waals surface area contributed by atoms with E-state index in [2.05, 4.69) is 19.9 Å². The SMILES string of the molecule is CC(C)=CCCC(C)(O)[C@H]1CC[C@@H](CO)CC1. The monoisotopic (exact) mass is 240 g/mol. The summed E-state index contributed by atoms with van der Waals surface area (Å²) in [6, 6.07) is 0. The summed E-state index contributed by atoms with van der Waals surface area (Å²) in [7, 11) is 0. The Hall–Kier alpha value is -0.340. The lowest BCUT2D eigenvalue weighted by atomic mass is 9.73. The first-order chi connectivity index (χ1) is 7.95. The van der Waals surface area contributed by atoms with Crippen molar-refractivity contribution in [3.63, 3.8) is 0 Å². The van der Waals surface area contributed by atoms with Crippen LogP contribution in [0.5, 0.6) is 0 Å². The molecule has 0 spiro atoms. The summed E-state index contributed by atoms with van der Waals surface area (Å²) in [5.74, 6) is 0.885. The van der Waals surface area contributed by atoms with E-state index in [1.54, 1.807) is 0 Å². The van der Waals surface area contributed by atoms with Crippen LogP contribution in [0, 0.1) is 11.8 Å². The normalized spacial score (nSPS) is 28.5. The Morgan fingerprint density at radius 3 is 2.29 bits per heavy atom. The standard InChI is InChI=1S/C15H28O2/c1-12(2)5-4-10-15(3,17)14-8-6-13(11-16)7-9-14/h5,13-14,16-17H,4,6-11H2,1-3H3/t13-,14+,15?. The van der Waals surface area contributed by atoms with E-state index in [0.29, 0.717) is 18.4 Å². The van der Waals surface area contributed by atoms with E-state index in [0.717, 1.165) is 38.5 Å². The molecule has 1 aliphatic carbocycles. The minimum atomic E-state index is -0.535. The lowest BCUT2D eigenvalue weighted by Crippen LogP contribution is -2.37. The maximum atomic E-state index is 10.5. The third-order valence-electron chi connectivity index (χ3n) is 4.19. The molecule has 1 rings (SSSR count). The van der Waals surface area contributed by atoms with Gasteiger partial charge >= 0.3 is 0 Å². The van der Waals surface area contributed by atoms with Gasteiger partial charge in [0.25, 0.3) is 0 Å². The lowest BCUT2D eigenvalue weighted by molar-refractivity contribution is -0.0314. The smallest absolute Gasteiger partial charge is 0.0650 e. The molecule has 1 unspecified atom stereocenters. The molecule has 0 saturated heterocycles. The first kappa shape index (κ1) is 14.7. The van der Waals surface area contributed by atoms with Crippen LogP contribution in [-0.4, -0.2) is 22.4 Å². The number of hydrogen-bond donors (Lipinski definition) is 2. The highest BCUT2D eigenvalue weighted by molar-refractivity contribution is 4.95. The van der Waals surface area contributed by atoms with Crippen LogP contribution in [0.4, 0.5) is 0 Å². The molecular weight excluding hydrogens is 212 g/mol. The van der Waals surface area contributed by atoms with Gasteiger partial charge < -0.3 is 10.2 Å². The highest BCUT2D eigenvalue weighted by Crippen LogP contribution is 2.37. The van der Waals surface area contributed by atoms with E-state index in [9.17, 15) is 5.11 Å². The van der Waals surface area contributed by atoms with E-state index in [-0.39, 0.29) is 0 Å². The van der Waals surface area contributed by atoms with Gasteiger partial charge in [-0.05, 0) is 71.1 Å². The zero-order valence-corrected chi connectivity index (χ0v) is 11.6. The second-order valence-electron chi connectivity index (χ2n) is 6.08. The van der Waals surface area contributed by atoms with Crippen LogP contribution in [0.2, 0.25) is 0 Å². The first-order valence-electron chi connectivity index (χ1n) is 6.92. The van der Waals surface area contributed by atoms with Gasteiger partial charge in [-0.1, -0.05) is 11.6 Å². The zero-order valence-electron chi connectivity index (χ0n) is 11.6. The Kier molecular flexibility index (Phi) is 5.68. The second kappa shape index (κ2) is 6.55. The number of hydrogen-bond acceptors (Lipinski definition) is 2. The molecular formula is C15H28O2. The van der Waals surface area contributed by atoms with Gasteiger partial charge in [0.2, 0.25) is 0 Å². The van der Waals surface area contributed by atoms with Crippen molar-refractivity contribution in [2.45, 2.75) is 64.9 Å². The Labute approximate surface area is 106 Å². The minimum Gasteiger partial charge on any atom is -0.396 e. The molecule has 0 radical (unpaired) electrons. The molecule has 2 heteroatoms. The van der Waals surface area contributed by atoms with Crippen LogP contribution < -0.4 is 0 Å². The van der Waals surface area contributed by atoms with Gasteiger partial charge in [-0.25, -0.2) is 0 Å². The molecule has 0 aromatic carbocycles. The molecule has 1 aliphatic rings. The van der Waals surface area contributed by atoms with Crippen molar-refractivity contribution in [2.24, 2.45) is 11.8 Å². The van der Waals surface area contributed by atoms with Crippen molar-refractivity contribution in [3.8, 4) is 0 Å². The highest BCUT2D eigenvalue weighted by atomic mass is 16.3. The molecule has 0 bridgehead atoms. The average Bonchev–Trinajstić information content (AvgIpc) is 2.28. The van der Waals surface area contributed by atoms with Gasteiger partial charge in [-0.15, -0.1) is 0 Å². The summed E-state index contributed by atoms with van der Waals surface area (Å²) in [5, 5.41) is 19.6. The Balaban J connectivity index is 2.40. The molecule has 0 heterocycles. The third kappa shape index (κ3) is 4.81. The topological polar surface area (TPSA) is 40.5 Å². The van der Waals surface area contributed by atoms with E-state index in [4.69, 9.17) is 5.11 Å². The van der Waals surface area contributed by atoms with Crippen molar-refractivity contribution >= 4 is 0 Å². The van der Waals surface area contributed by atoms with E-state index in [1.807, 2.05) is 6.92 Å². The molecule has 0 amide bonds. The quantitative estimate of drug-likeness (QED) is 0.724. The molecule has 2 N–H and O–H groups in total. The maximum absolute atomic E-state index is 10.5. The highest BCUT2D eigenvalue weighted by Gasteiger charge is 2.34. The molecule has 1 atom stereocenters. The number of aliphatic hydroxyl groups excluding tert-OH is 1. The Bertz CT molecular complexity index is 244. The Morgan fingerprint density at radius 2 is 1.82 bits per heavy atom. The summed E-state index contributed by atoms with van der Waals surface area (Å²) in [6.45, 7) is 6.49. The predicted molar refractivity (Wildman–Crippen MR) is 71.8 cm³/mol. The summed E-state index contributed by atoms with van der Waals surface area (Å²) >= 11 is 0. The summed E-state index contributed by atoms with van der Waals surface area (Å²) in [4.78, 5) is 0. The summed E-state index contributed by atoms with van der Waals surface area (Å²) in [6.07, 6.45) is 8.29.